The molecule has 2 N–H and O–H groups in total. The van der Waals surface area contributed by atoms with Crippen LogP contribution in [0.15, 0.2) is 18.2 Å². The molecule has 1 heterocycles. The van der Waals surface area contributed by atoms with Crippen molar-refractivity contribution in [2.45, 2.75) is 13.3 Å². The lowest BCUT2D eigenvalue weighted by molar-refractivity contribution is -0.129. The molecular weight excluding hydrogens is 230 g/mol. The number of nitrogens with zero attached hydrogens (tertiary/aromatic N) is 2. The molecular formula is C13H17N3O2. The van der Waals surface area contributed by atoms with E-state index >= 15 is 0 Å². The van der Waals surface area contributed by atoms with Crippen LogP contribution in [0, 0.1) is 0 Å². The van der Waals surface area contributed by atoms with E-state index in [4.69, 9.17) is 5.73 Å². The molecule has 0 saturated carbocycles. The molecule has 0 aromatic heterocycles. The number of carbonyl (C=O) groups excluding carboxylic acids is 2. The van der Waals surface area contributed by atoms with E-state index in [2.05, 4.69) is 0 Å². The fourth-order valence-electron chi connectivity index (χ4n) is 2.01. The second kappa shape index (κ2) is 4.68. The molecule has 1 aliphatic heterocycles. The third-order valence-electron chi connectivity index (χ3n) is 3.23. The summed E-state index contributed by atoms with van der Waals surface area (Å²) in [4.78, 5) is 26.9. The summed E-state index contributed by atoms with van der Waals surface area (Å²) in [6.07, 6.45) is 0.323. The highest BCUT2D eigenvalue weighted by molar-refractivity contribution is 6.05. The molecule has 0 atom stereocenters. The highest BCUT2D eigenvalue weighted by Gasteiger charge is 2.29. The van der Waals surface area contributed by atoms with Crippen LogP contribution in [0.1, 0.15) is 12.5 Å². The van der Waals surface area contributed by atoms with Gasteiger partial charge in [0.2, 0.25) is 11.8 Å². The average molecular weight is 247 g/mol. The van der Waals surface area contributed by atoms with Crippen molar-refractivity contribution in [3.05, 3.63) is 23.8 Å². The first kappa shape index (κ1) is 12.4. The molecule has 1 aromatic carbocycles. The van der Waals surface area contributed by atoms with Crippen LogP contribution in [0.4, 0.5) is 11.4 Å². The first-order valence-corrected chi connectivity index (χ1v) is 5.95. The zero-order valence-electron chi connectivity index (χ0n) is 10.6. The summed E-state index contributed by atoms with van der Waals surface area (Å²) >= 11 is 0. The Morgan fingerprint density at radius 1 is 1.50 bits per heavy atom. The standard InChI is InChI=1S/C13H17N3O2/c1-3-15(2)13(18)8-16-11-5-4-10(14)6-9(11)7-12(16)17/h4-6H,3,7-8,14H2,1-2H3. The number of nitrogen functional groups attached to an aromatic ring is 1. The smallest absolute Gasteiger partial charge is 0.242 e. The third kappa shape index (κ3) is 2.16. The predicted molar refractivity (Wildman–Crippen MR) is 70.2 cm³/mol. The van der Waals surface area contributed by atoms with E-state index in [9.17, 15) is 9.59 Å². The minimum absolute atomic E-state index is 0.0477. The van der Waals surface area contributed by atoms with Crippen molar-refractivity contribution in [1.29, 1.82) is 0 Å². The highest BCUT2D eigenvalue weighted by atomic mass is 16.2. The first-order valence-electron chi connectivity index (χ1n) is 5.95. The topological polar surface area (TPSA) is 66.6 Å². The Labute approximate surface area is 106 Å². The summed E-state index contributed by atoms with van der Waals surface area (Å²) in [5.74, 6) is -0.107. The molecule has 0 saturated heterocycles. The van der Waals surface area contributed by atoms with E-state index in [-0.39, 0.29) is 18.4 Å². The van der Waals surface area contributed by atoms with Gasteiger partial charge in [-0.2, -0.15) is 0 Å². The monoisotopic (exact) mass is 247 g/mol. The van der Waals surface area contributed by atoms with E-state index < -0.39 is 0 Å². The minimum Gasteiger partial charge on any atom is -0.399 e. The van der Waals surface area contributed by atoms with Gasteiger partial charge in [0.05, 0.1) is 6.42 Å². The molecule has 96 valence electrons. The Bertz CT molecular complexity index is 499. The van der Waals surface area contributed by atoms with Gasteiger partial charge in [-0.1, -0.05) is 0 Å². The Kier molecular flexibility index (Phi) is 3.23. The lowest BCUT2D eigenvalue weighted by Gasteiger charge is -2.21. The van der Waals surface area contributed by atoms with Crippen LogP contribution in [-0.2, 0) is 16.0 Å². The molecule has 0 radical (unpaired) electrons. The summed E-state index contributed by atoms with van der Waals surface area (Å²) in [7, 11) is 1.73. The van der Waals surface area contributed by atoms with E-state index in [1.807, 2.05) is 6.92 Å². The van der Waals surface area contributed by atoms with Crippen molar-refractivity contribution in [2.24, 2.45) is 0 Å². The van der Waals surface area contributed by atoms with E-state index in [0.717, 1.165) is 11.3 Å². The molecule has 1 aliphatic rings. The molecule has 0 bridgehead atoms. The van der Waals surface area contributed by atoms with Gasteiger partial charge >= 0.3 is 0 Å². The Hall–Kier alpha value is -2.04. The first-order chi connectivity index (χ1) is 8.52. The fraction of sp³-hybridized carbons (Fsp3) is 0.385. The molecule has 2 rings (SSSR count). The summed E-state index contributed by atoms with van der Waals surface area (Å²) in [6.45, 7) is 2.63. The number of likely N-dealkylation sites (N-methyl/N-ethyl adjacent to an activating group) is 1. The summed E-state index contributed by atoms with van der Waals surface area (Å²) in [6, 6.07) is 5.34. The number of hydrogen-bond donors (Lipinski definition) is 1. The van der Waals surface area contributed by atoms with Crippen molar-refractivity contribution in [2.75, 3.05) is 30.8 Å². The van der Waals surface area contributed by atoms with Gasteiger partial charge in [0.25, 0.3) is 0 Å². The Morgan fingerprint density at radius 3 is 2.89 bits per heavy atom. The van der Waals surface area contributed by atoms with Gasteiger partial charge in [-0.15, -0.1) is 0 Å². The van der Waals surface area contributed by atoms with Gasteiger partial charge in [0.1, 0.15) is 6.54 Å². The zero-order chi connectivity index (χ0) is 13.3. The second-order valence-electron chi connectivity index (χ2n) is 4.45. The van der Waals surface area contributed by atoms with E-state index in [0.29, 0.717) is 18.7 Å². The molecule has 2 amide bonds. The van der Waals surface area contributed by atoms with Crippen LogP contribution < -0.4 is 10.6 Å². The molecule has 5 heteroatoms. The lowest BCUT2D eigenvalue weighted by atomic mass is 10.1. The Morgan fingerprint density at radius 2 is 2.22 bits per heavy atom. The predicted octanol–water partition coefficient (Wildman–Crippen LogP) is 0.636. The van der Waals surface area contributed by atoms with Gasteiger partial charge < -0.3 is 15.5 Å². The minimum atomic E-state index is -0.0597. The third-order valence-corrected chi connectivity index (χ3v) is 3.23. The molecule has 18 heavy (non-hydrogen) atoms. The molecule has 5 nitrogen and oxygen atoms in total. The summed E-state index contributed by atoms with van der Waals surface area (Å²) < 4.78 is 0. The van der Waals surface area contributed by atoms with Crippen molar-refractivity contribution < 1.29 is 9.59 Å². The number of fused-ring (bicyclic) bond motifs is 1. The largest absolute Gasteiger partial charge is 0.399 e. The van der Waals surface area contributed by atoms with E-state index in [1.165, 1.54) is 4.90 Å². The van der Waals surface area contributed by atoms with E-state index in [1.54, 1.807) is 30.1 Å². The van der Waals surface area contributed by atoms with Crippen LogP contribution in [0.25, 0.3) is 0 Å². The van der Waals surface area contributed by atoms with Crippen LogP contribution >= 0.6 is 0 Å². The van der Waals surface area contributed by atoms with Crippen molar-refractivity contribution in [3.63, 3.8) is 0 Å². The van der Waals surface area contributed by atoms with Crippen LogP contribution in [-0.4, -0.2) is 36.9 Å². The summed E-state index contributed by atoms with van der Waals surface area (Å²) in [5, 5.41) is 0. The molecule has 1 aromatic rings. The number of carbonyl (C=O) groups is 2. The van der Waals surface area contributed by atoms with Gasteiger partial charge in [-0.05, 0) is 30.7 Å². The summed E-state index contributed by atoms with van der Waals surface area (Å²) in [5.41, 5.74) is 8.02. The van der Waals surface area contributed by atoms with Crippen molar-refractivity contribution in [1.82, 2.24) is 4.90 Å². The normalized spacial score (nSPS) is 13.7. The lowest BCUT2D eigenvalue weighted by Crippen LogP contribution is -2.39. The fourth-order valence-corrected chi connectivity index (χ4v) is 2.01. The maximum Gasteiger partial charge on any atom is 0.242 e. The quantitative estimate of drug-likeness (QED) is 0.797. The van der Waals surface area contributed by atoms with Gasteiger partial charge in [-0.3, -0.25) is 9.59 Å². The highest BCUT2D eigenvalue weighted by Crippen LogP contribution is 2.30. The number of anilines is 2. The van der Waals surface area contributed by atoms with Crippen LogP contribution in [0.5, 0.6) is 0 Å². The van der Waals surface area contributed by atoms with Crippen LogP contribution in [0.2, 0.25) is 0 Å². The molecule has 0 spiro atoms. The van der Waals surface area contributed by atoms with Gasteiger partial charge in [-0.25, -0.2) is 0 Å². The molecule has 0 fully saturated rings. The molecule has 0 unspecified atom stereocenters. The Balaban J connectivity index is 2.21. The number of amides is 2. The number of hydrogen-bond acceptors (Lipinski definition) is 3. The SMILES string of the molecule is CCN(C)C(=O)CN1C(=O)Cc2cc(N)ccc21. The number of nitrogens with two attached hydrogens (primary N) is 1. The van der Waals surface area contributed by atoms with Crippen molar-refractivity contribution in [3.8, 4) is 0 Å². The number of rotatable bonds is 3. The molecule has 0 aliphatic carbocycles. The average Bonchev–Trinajstić information content (AvgIpc) is 2.64. The number of benzene rings is 1. The van der Waals surface area contributed by atoms with Gasteiger partial charge in [0.15, 0.2) is 0 Å². The maximum atomic E-state index is 11.9. The zero-order valence-corrected chi connectivity index (χ0v) is 10.6. The maximum absolute atomic E-state index is 11.9. The second-order valence-corrected chi connectivity index (χ2v) is 4.45. The van der Waals surface area contributed by atoms with Crippen molar-refractivity contribution >= 4 is 23.2 Å². The van der Waals surface area contributed by atoms with Crippen LogP contribution in [0.3, 0.4) is 0 Å². The van der Waals surface area contributed by atoms with Gasteiger partial charge in [0, 0.05) is 25.0 Å².